The number of aryl methyl sites for hydroxylation is 1. The normalized spacial score (nSPS) is 18.1. The molecule has 0 radical (unpaired) electrons. The van der Waals surface area contributed by atoms with Crippen LogP contribution < -0.4 is 0 Å². The van der Waals surface area contributed by atoms with Crippen LogP contribution in [-0.4, -0.2) is 66.4 Å². The van der Waals surface area contributed by atoms with Gasteiger partial charge in [-0.05, 0) is 39.4 Å². The summed E-state index contributed by atoms with van der Waals surface area (Å²) in [7, 11) is 2.15. The zero-order valence-corrected chi connectivity index (χ0v) is 15.9. The number of hydrogen-bond donors (Lipinski definition) is 0. The van der Waals surface area contributed by atoms with Crippen molar-refractivity contribution in [3.05, 3.63) is 21.9 Å². The van der Waals surface area contributed by atoms with Crippen LogP contribution in [-0.2, 0) is 11.3 Å². The molecule has 0 aromatic carbocycles. The highest BCUT2D eigenvalue weighted by atomic mass is 32.1. The number of carbonyl (C=O) groups is 1. The number of piperazine rings is 1. The second kappa shape index (κ2) is 8.81. The molecular weight excluding hydrogens is 306 g/mol. The Labute approximate surface area is 145 Å². The molecule has 0 spiro atoms. The van der Waals surface area contributed by atoms with E-state index in [0.29, 0.717) is 0 Å². The van der Waals surface area contributed by atoms with Gasteiger partial charge in [0.25, 0.3) is 0 Å². The minimum absolute atomic E-state index is 0.0124. The quantitative estimate of drug-likeness (QED) is 0.765. The average molecular weight is 338 g/mol. The van der Waals surface area contributed by atoms with E-state index in [9.17, 15) is 4.79 Å². The summed E-state index contributed by atoms with van der Waals surface area (Å²) in [6, 6.07) is 4.29. The Balaban J connectivity index is 1.99. The van der Waals surface area contributed by atoms with Gasteiger partial charge in [-0.15, -0.1) is 11.3 Å². The molecule has 1 fully saturated rings. The monoisotopic (exact) mass is 337 g/mol. The van der Waals surface area contributed by atoms with Crippen LogP contribution in [0.5, 0.6) is 0 Å². The number of thiophene rings is 1. The van der Waals surface area contributed by atoms with Gasteiger partial charge in [0.15, 0.2) is 0 Å². The van der Waals surface area contributed by atoms with Crippen molar-refractivity contribution in [2.45, 2.75) is 46.2 Å². The van der Waals surface area contributed by atoms with E-state index in [-0.39, 0.29) is 11.9 Å². The Kier molecular flexibility index (Phi) is 7.06. The molecule has 0 N–H and O–H groups in total. The maximum atomic E-state index is 13.0. The van der Waals surface area contributed by atoms with Crippen LogP contribution in [0.15, 0.2) is 12.1 Å². The van der Waals surface area contributed by atoms with Gasteiger partial charge < -0.3 is 9.80 Å². The number of nitrogens with zero attached hydrogens (tertiary/aromatic N) is 3. The molecule has 1 aromatic heterocycles. The maximum absolute atomic E-state index is 13.0. The minimum atomic E-state index is -0.0124. The van der Waals surface area contributed by atoms with E-state index in [1.165, 1.54) is 9.75 Å². The molecule has 5 heteroatoms. The molecule has 1 amide bonds. The van der Waals surface area contributed by atoms with Crippen LogP contribution in [0.2, 0.25) is 0 Å². The molecule has 4 nitrogen and oxygen atoms in total. The highest BCUT2D eigenvalue weighted by Gasteiger charge is 2.28. The largest absolute Gasteiger partial charge is 0.336 e. The van der Waals surface area contributed by atoms with Crippen LogP contribution in [0.25, 0.3) is 0 Å². The predicted molar refractivity (Wildman–Crippen MR) is 97.9 cm³/mol. The zero-order chi connectivity index (χ0) is 16.8. The third-order valence-electron chi connectivity index (χ3n) is 4.68. The van der Waals surface area contributed by atoms with Gasteiger partial charge in [-0.2, -0.15) is 0 Å². The maximum Gasteiger partial charge on any atom is 0.239 e. The molecule has 1 aliphatic heterocycles. The lowest BCUT2D eigenvalue weighted by Gasteiger charge is -2.37. The molecule has 1 aliphatic rings. The standard InChI is InChI=1S/C18H31N3OS/c1-5-6-9-21(14-17-8-7-15(2)23-17)18(22)16(3)20-12-10-19(4)11-13-20/h7-8,16H,5-6,9-14H2,1-4H3. The molecule has 1 aromatic rings. The number of likely N-dealkylation sites (N-methyl/N-ethyl adjacent to an activating group) is 1. The summed E-state index contributed by atoms with van der Waals surface area (Å²) in [5, 5.41) is 0. The van der Waals surface area contributed by atoms with Crippen molar-refractivity contribution in [3.8, 4) is 0 Å². The van der Waals surface area contributed by atoms with E-state index in [0.717, 1.165) is 52.1 Å². The van der Waals surface area contributed by atoms with Crippen LogP contribution in [0.1, 0.15) is 36.4 Å². The third-order valence-corrected chi connectivity index (χ3v) is 5.66. The lowest BCUT2D eigenvalue weighted by Crippen LogP contribution is -2.53. The Morgan fingerprint density at radius 3 is 2.57 bits per heavy atom. The highest BCUT2D eigenvalue weighted by molar-refractivity contribution is 7.11. The fraction of sp³-hybridized carbons (Fsp3) is 0.722. The van der Waals surface area contributed by atoms with E-state index in [2.05, 4.69) is 54.7 Å². The minimum Gasteiger partial charge on any atom is -0.336 e. The average Bonchev–Trinajstić information content (AvgIpc) is 2.96. The van der Waals surface area contributed by atoms with Gasteiger partial charge in [0.2, 0.25) is 5.91 Å². The van der Waals surface area contributed by atoms with Gasteiger partial charge in [-0.3, -0.25) is 9.69 Å². The van der Waals surface area contributed by atoms with E-state index in [1.54, 1.807) is 11.3 Å². The number of hydrogen-bond acceptors (Lipinski definition) is 4. The predicted octanol–water partition coefficient (Wildman–Crippen LogP) is 2.82. The number of rotatable bonds is 7. The Hall–Kier alpha value is -0.910. The molecule has 0 bridgehead atoms. The number of amides is 1. The topological polar surface area (TPSA) is 26.8 Å². The molecular formula is C18H31N3OS. The molecule has 1 saturated heterocycles. The van der Waals surface area contributed by atoms with Gasteiger partial charge in [0.05, 0.1) is 12.6 Å². The summed E-state index contributed by atoms with van der Waals surface area (Å²) in [6.45, 7) is 12.1. The zero-order valence-electron chi connectivity index (χ0n) is 15.0. The second-order valence-corrected chi connectivity index (χ2v) is 8.01. The summed E-state index contributed by atoms with van der Waals surface area (Å²) in [5.41, 5.74) is 0. The Bertz CT molecular complexity index is 494. The molecule has 23 heavy (non-hydrogen) atoms. The van der Waals surface area contributed by atoms with Crippen LogP contribution in [0.4, 0.5) is 0 Å². The first kappa shape index (κ1) is 18.4. The summed E-state index contributed by atoms with van der Waals surface area (Å²) in [6.07, 6.45) is 2.20. The fourth-order valence-corrected chi connectivity index (χ4v) is 3.91. The molecule has 130 valence electrons. The lowest BCUT2D eigenvalue weighted by atomic mass is 10.2. The Morgan fingerprint density at radius 2 is 2.00 bits per heavy atom. The first-order valence-corrected chi connectivity index (χ1v) is 9.59. The fourth-order valence-electron chi connectivity index (χ4n) is 3.00. The van der Waals surface area contributed by atoms with E-state index in [1.807, 2.05) is 0 Å². The van der Waals surface area contributed by atoms with Crippen LogP contribution in [0, 0.1) is 6.92 Å². The van der Waals surface area contributed by atoms with Gasteiger partial charge in [-0.25, -0.2) is 0 Å². The second-order valence-electron chi connectivity index (χ2n) is 6.64. The van der Waals surface area contributed by atoms with Crippen molar-refractivity contribution in [2.24, 2.45) is 0 Å². The van der Waals surface area contributed by atoms with Crippen molar-refractivity contribution in [1.29, 1.82) is 0 Å². The van der Waals surface area contributed by atoms with Gasteiger partial charge in [-0.1, -0.05) is 13.3 Å². The molecule has 2 rings (SSSR count). The number of carbonyl (C=O) groups excluding carboxylic acids is 1. The first-order valence-electron chi connectivity index (χ1n) is 8.78. The van der Waals surface area contributed by atoms with Crippen molar-refractivity contribution < 1.29 is 4.79 Å². The van der Waals surface area contributed by atoms with Gasteiger partial charge in [0.1, 0.15) is 0 Å². The van der Waals surface area contributed by atoms with Crippen molar-refractivity contribution in [1.82, 2.24) is 14.7 Å². The summed E-state index contributed by atoms with van der Waals surface area (Å²) in [4.78, 5) is 22.4. The highest BCUT2D eigenvalue weighted by Crippen LogP contribution is 2.19. The van der Waals surface area contributed by atoms with Crippen LogP contribution >= 0.6 is 11.3 Å². The van der Waals surface area contributed by atoms with Crippen LogP contribution in [0.3, 0.4) is 0 Å². The molecule has 2 heterocycles. The van der Waals surface area contributed by atoms with E-state index >= 15 is 0 Å². The summed E-state index contributed by atoms with van der Waals surface area (Å²) in [5.74, 6) is 0.286. The van der Waals surface area contributed by atoms with E-state index in [4.69, 9.17) is 0 Å². The Morgan fingerprint density at radius 1 is 1.30 bits per heavy atom. The summed E-state index contributed by atoms with van der Waals surface area (Å²) >= 11 is 1.80. The van der Waals surface area contributed by atoms with Gasteiger partial charge in [0, 0.05) is 42.5 Å². The molecule has 0 saturated carbocycles. The van der Waals surface area contributed by atoms with E-state index < -0.39 is 0 Å². The van der Waals surface area contributed by atoms with Gasteiger partial charge >= 0.3 is 0 Å². The van der Waals surface area contributed by atoms with Crippen molar-refractivity contribution in [2.75, 3.05) is 39.8 Å². The molecule has 1 atom stereocenters. The first-order chi connectivity index (χ1) is 11.0. The number of unbranched alkanes of at least 4 members (excludes halogenated alkanes) is 1. The molecule has 1 unspecified atom stereocenters. The molecule has 0 aliphatic carbocycles. The lowest BCUT2D eigenvalue weighted by molar-refractivity contribution is -0.137. The summed E-state index contributed by atoms with van der Waals surface area (Å²) < 4.78 is 0. The SMILES string of the molecule is CCCCN(Cc1ccc(C)s1)C(=O)C(C)N1CCN(C)CC1. The third kappa shape index (κ3) is 5.30. The van der Waals surface area contributed by atoms with Crippen molar-refractivity contribution >= 4 is 17.2 Å². The van der Waals surface area contributed by atoms with Crippen molar-refractivity contribution in [3.63, 3.8) is 0 Å². The smallest absolute Gasteiger partial charge is 0.239 e.